The highest BCUT2D eigenvalue weighted by molar-refractivity contribution is 6.23. The summed E-state index contributed by atoms with van der Waals surface area (Å²) in [6.07, 6.45) is 3.55. The van der Waals surface area contributed by atoms with Crippen molar-refractivity contribution in [1.82, 2.24) is 0 Å². The number of fused-ring (bicyclic) bond motifs is 1. The summed E-state index contributed by atoms with van der Waals surface area (Å²) in [5, 5.41) is 69.4. The number of phenolic OH excluding ortho intramolecular Hbond substituents is 3. The minimum absolute atomic E-state index is 0.0625. The average molecular weight is 689 g/mol. The predicted octanol–water partition coefficient (Wildman–Crippen LogP) is 5.64. The van der Waals surface area contributed by atoms with Gasteiger partial charge in [-0.05, 0) is 68.5 Å². The number of rotatable bonds is 4. The number of ketones is 3. The Kier molecular flexibility index (Phi) is 16.4. The van der Waals surface area contributed by atoms with Crippen molar-refractivity contribution in [2.75, 3.05) is 0 Å². The Morgan fingerprint density at radius 1 is 0.480 bits per heavy atom. The lowest BCUT2D eigenvalue weighted by Crippen LogP contribution is -2.11. The molecule has 260 valence electrons. The molecule has 0 saturated heterocycles. The Hall–Kier alpha value is -7.22. The molecule has 0 aromatic heterocycles. The molecule has 8 N–H and O–H groups in total. The zero-order chi connectivity index (χ0) is 38.0. The van der Waals surface area contributed by atoms with Crippen molar-refractivity contribution in [2.45, 2.75) is 13.8 Å². The van der Waals surface area contributed by atoms with Crippen LogP contribution in [0, 0.1) is 0 Å². The Bertz CT molecular complexity index is 1860. The van der Waals surface area contributed by atoms with Crippen LogP contribution in [0.1, 0.15) is 65.6 Å². The molecule has 0 amide bonds. The van der Waals surface area contributed by atoms with E-state index in [1.807, 2.05) is 0 Å². The molecule has 1 aliphatic rings. The van der Waals surface area contributed by atoms with Crippen molar-refractivity contribution in [3.63, 3.8) is 0 Å². The van der Waals surface area contributed by atoms with E-state index in [1.165, 1.54) is 92.7 Å². The maximum atomic E-state index is 11.3. The fourth-order valence-corrected chi connectivity index (χ4v) is 3.60. The number of hydrogen-bond donors (Lipinski definition) is 8. The van der Waals surface area contributed by atoms with Crippen molar-refractivity contribution in [3.05, 3.63) is 143 Å². The maximum absolute atomic E-state index is 11.3. The summed E-state index contributed by atoms with van der Waals surface area (Å²) in [4.78, 5) is 63.7. The molecule has 14 heteroatoms. The lowest BCUT2D eigenvalue weighted by Gasteiger charge is -2.09. The van der Waals surface area contributed by atoms with Crippen LogP contribution in [0.15, 0.2) is 115 Å². The number of hydrogen-bond acceptors (Lipinski definition) is 11. The van der Waals surface area contributed by atoms with Crippen LogP contribution in [0.4, 0.5) is 0 Å². The van der Waals surface area contributed by atoms with E-state index in [1.54, 1.807) is 30.3 Å². The van der Waals surface area contributed by atoms with Gasteiger partial charge in [0.15, 0.2) is 28.8 Å². The lowest BCUT2D eigenvalue weighted by molar-refractivity contribution is -0.112. The van der Waals surface area contributed by atoms with Gasteiger partial charge in [0.2, 0.25) is 0 Å². The number of allylic oxidation sites excluding steroid dienone is 4. The topological polar surface area (TPSA) is 264 Å². The molecule has 5 rings (SSSR count). The number of phenols is 4. The molecule has 0 heterocycles. The molecule has 0 saturated carbocycles. The summed E-state index contributed by atoms with van der Waals surface area (Å²) >= 11 is 0. The maximum Gasteiger partial charge on any atom is 0.339 e. The van der Waals surface area contributed by atoms with Gasteiger partial charge in [0.25, 0.3) is 0 Å². The van der Waals surface area contributed by atoms with Gasteiger partial charge in [-0.25, -0.2) is 14.4 Å². The van der Waals surface area contributed by atoms with E-state index in [4.69, 9.17) is 35.7 Å². The third-order valence-electron chi connectivity index (χ3n) is 5.76. The monoisotopic (exact) mass is 688 g/mol. The van der Waals surface area contributed by atoms with Gasteiger partial charge in [-0.15, -0.1) is 0 Å². The molecule has 4 aromatic carbocycles. The van der Waals surface area contributed by atoms with Gasteiger partial charge in [-0.2, -0.15) is 0 Å². The van der Waals surface area contributed by atoms with E-state index in [0.29, 0.717) is 0 Å². The van der Waals surface area contributed by atoms with E-state index in [2.05, 4.69) is 0 Å². The summed E-state index contributed by atoms with van der Waals surface area (Å²) in [5.41, 5.74) is -0.0694. The van der Waals surface area contributed by atoms with Crippen molar-refractivity contribution in [2.24, 2.45) is 0 Å². The number of para-hydroxylation sites is 3. The van der Waals surface area contributed by atoms with Gasteiger partial charge in [-0.1, -0.05) is 48.5 Å². The molecule has 0 atom stereocenters. The van der Waals surface area contributed by atoms with E-state index in [0.717, 1.165) is 0 Å². The number of carboxylic acids is 3. The Morgan fingerprint density at radius 2 is 0.860 bits per heavy atom. The van der Waals surface area contributed by atoms with Gasteiger partial charge in [0.1, 0.15) is 17.1 Å². The number of carbonyl (C=O) groups is 6. The average Bonchev–Trinajstić information content (AvgIpc) is 3.05. The standard InChI is InChI=1S/C10H6O3.C8H6O4.C7H6O3.C6H6O2.C5H8O2/c11-7-4-5-9(13)10-6(7)2-1-3-8(10)12;9-7(10)5-3-1-2-4-6(5)8(11)12;8-6-4-2-1-3-5(6)7(9)10;7-5-3-1-2-4-6(5)8;1-4(6)3-5(2)7/h1-5,12H;1-4H,(H,9,10)(H,11,12);1-4,8H,(H,9,10);1-4,7-8H;3,6H,1-2H3/b;;;;4-3-. The highest BCUT2D eigenvalue weighted by atomic mass is 16.4. The molecule has 14 nitrogen and oxygen atoms in total. The van der Waals surface area contributed by atoms with Crippen LogP contribution in [0.3, 0.4) is 0 Å². The summed E-state index contributed by atoms with van der Waals surface area (Å²) < 4.78 is 0. The third-order valence-corrected chi connectivity index (χ3v) is 5.76. The summed E-state index contributed by atoms with van der Waals surface area (Å²) in [6.45, 7) is 2.85. The second-order valence-electron chi connectivity index (χ2n) is 9.62. The largest absolute Gasteiger partial charge is 0.512 e. The fourth-order valence-electron chi connectivity index (χ4n) is 3.60. The van der Waals surface area contributed by atoms with E-state index >= 15 is 0 Å². The van der Waals surface area contributed by atoms with Gasteiger partial charge in [0.05, 0.1) is 22.4 Å². The number of aromatic hydroxyl groups is 4. The van der Waals surface area contributed by atoms with Crippen LogP contribution in [0.25, 0.3) is 0 Å². The molecular formula is C36H32O14. The lowest BCUT2D eigenvalue weighted by atomic mass is 9.94. The van der Waals surface area contributed by atoms with Crippen LogP contribution in [0.5, 0.6) is 23.0 Å². The Labute approximate surface area is 284 Å². The zero-order valence-electron chi connectivity index (χ0n) is 26.4. The summed E-state index contributed by atoms with van der Waals surface area (Å²) in [6, 6.07) is 21.9. The van der Waals surface area contributed by atoms with E-state index < -0.39 is 17.9 Å². The molecule has 0 bridgehead atoms. The van der Waals surface area contributed by atoms with Gasteiger partial charge >= 0.3 is 17.9 Å². The molecule has 0 fully saturated rings. The number of carboxylic acid groups (broad SMARTS) is 3. The molecule has 0 aliphatic heterocycles. The Morgan fingerprint density at radius 3 is 1.18 bits per heavy atom. The first-order chi connectivity index (χ1) is 23.5. The number of carbonyl (C=O) groups excluding carboxylic acids is 3. The van der Waals surface area contributed by atoms with Gasteiger partial charge in [0, 0.05) is 11.6 Å². The normalized spacial score (nSPS) is 10.9. The molecular weight excluding hydrogens is 656 g/mol. The summed E-state index contributed by atoms with van der Waals surface area (Å²) in [7, 11) is 0. The van der Waals surface area contributed by atoms with Gasteiger partial charge < -0.3 is 40.9 Å². The number of aliphatic hydroxyl groups excluding tert-OH is 1. The van der Waals surface area contributed by atoms with E-state index in [9.17, 15) is 33.9 Å². The Balaban J connectivity index is 0.000000319. The quantitative estimate of drug-likeness (QED) is 0.0733. The first kappa shape index (κ1) is 40.8. The second-order valence-corrected chi connectivity index (χ2v) is 9.62. The first-order valence-corrected chi connectivity index (χ1v) is 14.0. The molecule has 4 aromatic rings. The van der Waals surface area contributed by atoms with Crippen molar-refractivity contribution < 1.29 is 69.6 Å². The fraction of sp³-hybridized carbons (Fsp3) is 0.0556. The van der Waals surface area contributed by atoms with Crippen molar-refractivity contribution in [1.29, 1.82) is 0 Å². The van der Waals surface area contributed by atoms with Gasteiger partial charge in [-0.3, -0.25) is 14.4 Å². The molecule has 1 aliphatic carbocycles. The summed E-state index contributed by atoms with van der Waals surface area (Å²) in [5.74, 6) is -4.69. The predicted molar refractivity (Wildman–Crippen MR) is 178 cm³/mol. The number of aromatic carboxylic acids is 3. The highest BCUT2D eigenvalue weighted by Crippen LogP contribution is 2.25. The van der Waals surface area contributed by atoms with Crippen molar-refractivity contribution in [3.8, 4) is 23.0 Å². The molecule has 50 heavy (non-hydrogen) atoms. The minimum atomic E-state index is -1.23. The van der Waals surface area contributed by atoms with Crippen LogP contribution >= 0.6 is 0 Å². The zero-order valence-corrected chi connectivity index (χ0v) is 26.4. The molecule has 0 unspecified atom stereocenters. The molecule has 0 spiro atoms. The SMILES string of the molecule is CC(=O)/C=C(/C)O.O=C(O)c1ccccc1C(=O)O.O=C(O)c1ccccc1O.O=C1C=CC(=O)c2c(O)cccc21.Oc1ccccc1O. The van der Waals surface area contributed by atoms with Crippen LogP contribution in [0.2, 0.25) is 0 Å². The van der Waals surface area contributed by atoms with Crippen LogP contribution in [-0.4, -0.2) is 76.1 Å². The second kappa shape index (κ2) is 20.1. The number of benzene rings is 4. The third kappa shape index (κ3) is 13.6. The smallest absolute Gasteiger partial charge is 0.339 e. The van der Waals surface area contributed by atoms with Crippen LogP contribution < -0.4 is 0 Å². The highest BCUT2D eigenvalue weighted by Gasteiger charge is 2.21. The minimum Gasteiger partial charge on any atom is -0.512 e. The molecule has 0 radical (unpaired) electrons. The van der Waals surface area contributed by atoms with Crippen LogP contribution in [-0.2, 0) is 4.79 Å². The van der Waals surface area contributed by atoms with E-state index in [-0.39, 0.29) is 73.9 Å². The number of aliphatic hydroxyl groups is 1. The first-order valence-electron chi connectivity index (χ1n) is 14.0. The van der Waals surface area contributed by atoms with Crippen molar-refractivity contribution >= 4 is 35.3 Å².